The molecule has 0 radical (unpaired) electrons. The van der Waals surface area contributed by atoms with E-state index in [0.29, 0.717) is 18.7 Å². The van der Waals surface area contributed by atoms with Crippen molar-refractivity contribution in [1.82, 2.24) is 10.2 Å². The Bertz CT molecular complexity index is 712. The number of thiophene rings is 1. The number of Topliss-reactive ketones (excluding diaryl/α,β-unsaturated/α-hetero) is 1. The van der Waals surface area contributed by atoms with Crippen LogP contribution in [0.4, 0.5) is 0 Å². The number of carbonyl (C=O) groups excluding carboxylic acids is 2. The van der Waals surface area contributed by atoms with E-state index >= 15 is 0 Å². The number of nitrogens with zero attached hydrogens (tertiary/aromatic N) is 1. The largest absolute Gasteiger partial charge is 0.494 e. The maximum Gasteiger partial charge on any atom is 0.220 e. The van der Waals surface area contributed by atoms with Gasteiger partial charge in [0.15, 0.2) is 5.78 Å². The standard InChI is InChI=1S/C21H28N2O3S/c1-4-12-26-18-7-5-16(6-8-18)20(24)9-10-21(25)22-14-19(23(2)3)17-11-13-27-15-17/h5-8,11,13,15,19H,4,9-10,12,14H2,1-3H3,(H,22,25). The highest BCUT2D eigenvalue weighted by Gasteiger charge is 2.16. The highest BCUT2D eigenvalue weighted by molar-refractivity contribution is 7.07. The number of ether oxygens (including phenoxy) is 1. The van der Waals surface area contributed by atoms with Gasteiger partial charge in [-0.3, -0.25) is 9.59 Å². The van der Waals surface area contributed by atoms with Crippen molar-refractivity contribution >= 4 is 23.0 Å². The van der Waals surface area contributed by atoms with Gasteiger partial charge in [-0.25, -0.2) is 0 Å². The minimum absolute atomic E-state index is 0.0332. The summed E-state index contributed by atoms with van der Waals surface area (Å²) in [5, 5.41) is 7.07. The van der Waals surface area contributed by atoms with Crippen LogP contribution >= 0.6 is 11.3 Å². The molecular weight excluding hydrogens is 360 g/mol. The quantitative estimate of drug-likeness (QED) is 0.593. The smallest absolute Gasteiger partial charge is 0.220 e. The summed E-state index contributed by atoms with van der Waals surface area (Å²) in [4.78, 5) is 26.5. The normalized spacial score (nSPS) is 12.0. The summed E-state index contributed by atoms with van der Waals surface area (Å²) in [5.74, 6) is 0.622. The number of benzene rings is 1. The summed E-state index contributed by atoms with van der Waals surface area (Å²) in [5.41, 5.74) is 1.79. The third-order valence-corrected chi connectivity index (χ3v) is 4.97. The molecule has 1 atom stereocenters. The molecule has 1 unspecified atom stereocenters. The van der Waals surface area contributed by atoms with Crippen LogP contribution in [0, 0.1) is 0 Å². The van der Waals surface area contributed by atoms with Crippen LogP contribution in [0.5, 0.6) is 5.75 Å². The van der Waals surface area contributed by atoms with Gasteiger partial charge < -0.3 is 15.0 Å². The zero-order chi connectivity index (χ0) is 19.6. The van der Waals surface area contributed by atoms with Crippen molar-refractivity contribution < 1.29 is 14.3 Å². The van der Waals surface area contributed by atoms with E-state index in [4.69, 9.17) is 4.74 Å². The molecule has 0 spiro atoms. The highest BCUT2D eigenvalue weighted by Crippen LogP contribution is 2.20. The summed E-state index contributed by atoms with van der Waals surface area (Å²) in [6.07, 6.45) is 1.33. The van der Waals surface area contributed by atoms with Crippen molar-refractivity contribution in [1.29, 1.82) is 0 Å². The van der Waals surface area contributed by atoms with Gasteiger partial charge in [0.25, 0.3) is 0 Å². The minimum Gasteiger partial charge on any atom is -0.494 e. The molecule has 0 saturated carbocycles. The van der Waals surface area contributed by atoms with E-state index in [1.165, 1.54) is 5.56 Å². The Morgan fingerprint density at radius 1 is 1.15 bits per heavy atom. The van der Waals surface area contributed by atoms with E-state index in [9.17, 15) is 9.59 Å². The van der Waals surface area contributed by atoms with Crippen molar-refractivity contribution in [3.63, 3.8) is 0 Å². The number of ketones is 1. The van der Waals surface area contributed by atoms with E-state index < -0.39 is 0 Å². The summed E-state index contributed by atoms with van der Waals surface area (Å²) in [6.45, 7) is 3.23. The third kappa shape index (κ3) is 6.81. The Morgan fingerprint density at radius 2 is 1.89 bits per heavy atom. The van der Waals surface area contributed by atoms with Crippen LogP contribution in [0.3, 0.4) is 0 Å². The van der Waals surface area contributed by atoms with Crippen molar-refractivity contribution in [3.05, 3.63) is 52.2 Å². The summed E-state index contributed by atoms with van der Waals surface area (Å²) in [6, 6.07) is 9.30. The Labute approximate surface area is 165 Å². The van der Waals surface area contributed by atoms with Crippen LogP contribution < -0.4 is 10.1 Å². The fourth-order valence-corrected chi connectivity index (χ4v) is 3.40. The molecule has 27 heavy (non-hydrogen) atoms. The highest BCUT2D eigenvalue weighted by atomic mass is 32.1. The number of amides is 1. The average Bonchev–Trinajstić information content (AvgIpc) is 3.19. The number of likely N-dealkylation sites (N-methyl/N-ethyl adjacent to an activating group) is 1. The van der Waals surface area contributed by atoms with Crippen molar-refractivity contribution in [2.45, 2.75) is 32.2 Å². The average molecular weight is 389 g/mol. The number of hydrogen-bond donors (Lipinski definition) is 1. The fraction of sp³-hybridized carbons (Fsp3) is 0.429. The van der Waals surface area contributed by atoms with Gasteiger partial charge in [-0.1, -0.05) is 6.92 Å². The first kappa shape index (κ1) is 21.1. The lowest BCUT2D eigenvalue weighted by Gasteiger charge is -2.24. The second-order valence-corrected chi connectivity index (χ2v) is 7.42. The Balaban J connectivity index is 1.78. The van der Waals surface area contributed by atoms with Gasteiger partial charge in [0.05, 0.1) is 12.6 Å². The summed E-state index contributed by atoms with van der Waals surface area (Å²) in [7, 11) is 3.98. The Kier molecular flexibility index (Phi) is 8.48. The van der Waals surface area contributed by atoms with Crippen molar-refractivity contribution in [2.75, 3.05) is 27.2 Å². The number of carbonyl (C=O) groups is 2. The monoisotopic (exact) mass is 388 g/mol. The minimum atomic E-state index is -0.103. The van der Waals surface area contributed by atoms with E-state index in [1.54, 1.807) is 35.6 Å². The van der Waals surface area contributed by atoms with E-state index in [-0.39, 0.29) is 30.6 Å². The first-order valence-electron chi connectivity index (χ1n) is 9.22. The van der Waals surface area contributed by atoms with E-state index in [2.05, 4.69) is 21.7 Å². The molecule has 0 fully saturated rings. The van der Waals surface area contributed by atoms with Gasteiger partial charge in [0, 0.05) is 24.9 Å². The lowest BCUT2D eigenvalue weighted by atomic mass is 10.1. The molecule has 1 aromatic carbocycles. The van der Waals surface area contributed by atoms with Gasteiger partial charge in [0.2, 0.25) is 5.91 Å². The maximum absolute atomic E-state index is 12.3. The van der Waals surface area contributed by atoms with Crippen LogP contribution in [0.1, 0.15) is 48.1 Å². The SMILES string of the molecule is CCCOc1ccc(C(=O)CCC(=O)NCC(c2ccsc2)N(C)C)cc1. The first-order valence-corrected chi connectivity index (χ1v) is 10.2. The molecule has 0 aliphatic carbocycles. The van der Waals surface area contributed by atoms with Crippen LogP contribution in [-0.4, -0.2) is 43.8 Å². The van der Waals surface area contributed by atoms with E-state index in [1.807, 2.05) is 26.4 Å². The molecule has 1 amide bonds. The number of nitrogens with one attached hydrogen (secondary N) is 1. The summed E-state index contributed by atoms with van der Waals surface area (Å²) < 4.78 is 5.51. The molecule has 146 valence electrons. The van der Waals surface area contributed by atoms with E-state index in [0.717, 1.165) is 12.2 Å². The summed E-state index contributed by atoms with van der Waals surface area (Å²) >= 11 is 1.64. The Morgan fingerprint density at radius 3 is 2.48 bits per heavy atom. The van der Waals surface area contributed by atoms with Gasteiger partial charge in [-0.05, 0) is 67.2 Å². The maximum atomic E-state index is 12.3. The molecule has 1 aromatic heterocycles. The zero-order valence-electron chi connectivity index (χ0n) is 16.2. The topological polar surface area (TPSA) is 58.6 Å². The molecular formula is C21H28N2O3S. The van der Waals surface area contributed by atoms with Crippen LogP contribution in [-0.2, 0) is 4.79 Å². The van der Waals surface area contributed by atoms with Gasteiger partial charge >= 0.3 is 0 Å². The molecule has 0 aliphatic heterocycles. The van der Waals surface area contributed by atoms with Crippen molar-refractivity contribution in [3.8, 4) is 5.75 Å². The Hall–Kier alpha value is -2.18. The number of rotatable bonds is 11. The molecule has 2 aromatic rings. The lowest BCUT2D eigenvalue weighted by Crippen LogP contribution is -2.34. The van der Waals surface area contributed by atoms with Gasteiger partial charge in [0.1, 0.15) is 5.75 Å². The van der Waals surface area contributed by atoms with Crippen LogP contribution in [0.25, 0.3) is 0 Å². The molecule has 0 saturated heterocycles. The molecule has 6 heteroatoms. The molecule has 1 N–H and O–H groups in total. The predicted molar refractivity (Wildman–Crippen MR) is 110 cm³/mol. The second-order valence-electron chi connectivity index (χ2n) is 6.64. The fourth-order valence-electron chi connectivity index (χ4n) is 2.69. The second kappa shape index (κ2) is 10.8. The van der Waals surface area contributed by atoms with Crippen LogP contribution in [0.15, 0.2) is 41.1 Å². The predicted octanol–water partition coefficient (Wildman–Crippen LogP) is 3.92. The lowest BCUT2D eigenvalue weighted by molar-refractivity contribution is -0.121. The first-order chi connectivity index (χ1) is 13.0. The molecule has 2 rings (SSSR count). The number of hydrogen-bond acceptors (Lipinski definition) is 5. The van der Waals surface area contributed by atoms with Gasteiger partial charge in [-0.2, -0.15) is 11.3 Å². The molecule has 0 bridgehead atoms. The zero-order valence-corrected chi connectivity index (χ0v) is 17.1. The van der Waals surface area contributed by atoms with Crippen molar-refractivity contribution in [2.24, 2.45) is 0 Å². The molecule has 1 heterocycles. The molecule has 0 aliphatic rings. The molecule has 5 nitrogen and oxygen atoms in total. The van der Waals surface area contributed by atoms with Crippen LogP contribution in [0.2, 0.25) is 0 Å². The van der Waals surface area contributed by atoms with Gasteiger partial charge in [-0.15, -0.1) is 0 Å². The third-order valence-electron chi connectivity index (χ3n) is 4.27.